The van der Waals surface area contributed by atoms with Gasteiger partial charge < -0.3 is 14.8 Å². The summed E-state index contributed by atoms with van der Waals surface area (Å²) < 4.78 is 10.7. The number of hydrogen-bond acceptors (Lipinski definition) is 6. The lowest BCUT2D eigenvalue weighted by molar-refractivity contribution is -0.148. The molecule has 1 aliphatic heterocycles. The van der Waals surface area contributed by atoms with E-state index in [1.54, 1.807) is 19.1 Å². The zero-order chi connectivity index (χ0) is 24.1. The maximum absolute atomic E-state index is 12.7. The molecule has 7 nitrogen and oxygen atoms in total. The summed E-state index contributed by atoms with van der Waals surface area (Å²) in [5, 5.41) is 2.81. The summed E-state index contributed by atoms with van der Waals surface area (Å²) in [7, 11) is 0. The summed E-state index contributed by atoms with van der Waals surface area (Å²) in [5.74, 6) is -0.874. The van der Waals surface area contributed by atoms with E-state index in [2.05, 4.69) is 22.3 Å². The monoisotopic (exact) mass is 464 g/mol. The van der Waals surface area contributed by atoms with Crippen LogP contribution >= 0.6 is 0 Å². The van der Waals surface area contributed by atoms with E-state index >= 15 is 0 Å². The zero-order valence-corrected chi connectivity index (χ0v) is 19.8. The average molecular weight is 465 g/mol. The Balaban J connectivity index is 1.43. The van der Waals surface area contributed by atoms with Crippen LogP contribution in [-0.4, -0.2) is 55.1 Å². The number of esters is 1. The molecule has 1 N–H and O–H groups in total. The summed E-state index contributed by atoms with van der Waals surface area (Å²) in [6.07, 6.45) is 1.27. The third-order valence-electron chi connectivity index (χ3n) is 6.35. The Labute approximate surface area is 200 Å². The SMILES string of the molecule is CC(=O)O[C@H](NC(=O)c1ccc([C@@H](C(C)=O)c2ccc(CN3CCOCC3)cc2)cc1)C1CC1. The first-order valence-corrected chi connectivity index (χ1v) is 11.9. The van der Waals surface area contributed by atoms with E-state index < -0.39 is 18.1 Å². The lowest BCUT2D eigenvalue weighted by Gasteiger charge is -2.26. The second kappa shape index (κ2) is 10.9. The number of Topliss-reactive ketones (excluding diaryl/α,β-unsaturated/α-hetero) is 1. The van der Waals surface area contributed by atoms with Gasteiger partial charge in [-0.15, -0.1) is 0 Å². The minimum absolute atomic E-state index is 0.0433. The normalized spacial score (nSPS) is 18.1. The van der Waals surface area contributed by atoms with E-state index in [0.29, 0.717) is 5.56 Å². The lowest BCUT2D eigenvalue weighted by atomic mass is 9.87. The van der Waals surface area contributed by atoms with Crippen molar-refractivity contribution in [3.63, 3.8) is 0 Å². The number of carbonyl (C=O) groups is 3. The summed E-state index contributed by atoms with van der Waals surface area (Å²) >= 11 is 0. The molecule has 34 heavy (non-hydrogen) atoms. The zero-order valence-electron chi connectivity index (χ0n) is 19.8. The third-order valence-corrected chi connectivity index (χ3v) is 6.35. The van der Waals surface area contributed by atoms with Crippen molar-refractivity contribution >= 4 is 17.7 Å². The Hall–Kier alpha value is -3.03. The van der Waals surface area contributed by atoms with Gasteiger partial charge in [0.2, 0.25) is 0 Å². The average Bonchev–Trinajstić information content (AvgIpc) is 3.66. The second-order valence-electron chi connectivity index (χ2n) is 9.14. The molecule has 7 heteroatoms. The van der Waals surface area contributed by atoms with Crippen molar-refractivity contribution in [2.75, 3.05) is 26.3 Å². The van der Waals surface area contributed by atoms with Crippen molar-refractivity contribution in [1.82, 2.24) is 10.2 Å². The van der Waals surface area contributed by atoms with Gasteiger partial charge in [0, 0.05) is 38.0 Å². The van der Waals surface area contributed by atoms with E-state index in [1.165, 1.54) is 12.5 Å². The van der Waals surface area contributed by atoms with Gasteiger partial charge >= 0.3 is 5.97 Å². The molecule has 2 aromatic carbocycles. The number of benzene rings is 2. The van der Waals surface area contributed by atoms with Crippen molar-refractivity contribution in [1.29, 1.82) is 0 Å². The minimum atomic E-state index is -0.592. The van der Waals surface area contributed by atoms with Gasteiger partial charge in [-0.25, -0.2) is 0 Å². The molecule has 0 unspecified atom stereocenters. The molecule has 0 bridgehead atoms. The lowest BCUT2D eigenvalue weighted by Crippen LogP contribution is -2.39. The van der Waals surface area contributed by atoms with Crippen LogP contribution in [-0.2, 0) is 25.6 Å². The molecule has 2 fully saturated rings. The second-order valence-corrected chi connectivity index (χ2v) is 9.14. The molecule has 1 aliphatic carbocycles. The van der Waals surface area contributed by atoms with E-state index in [4.69, 9.17) is 9.47 Å². The number of nitrogens with one attached hydrogen (secondary N) is 1. The van der Waals surface area contributed by atoms with Crippen LogP contribution < -0.4 is 5.32 Å². The molecule has 1 saturated carbocycles. The molecule has 1 amide bonds. The standard InChI is InChI=1S/C27H32N2O5/c1-18(30)25(21-5-3-20(4-6-21)17-29-13-15-33-16-14-29)22-7-9-23(10-8-22)26(32)28-27(24-11-12-24)34-19(2)31/h3-10,24-25,27H,11-17H2,1-2H3,(H,28,32)/t25-,27-/m0/s1. The summed E-state index contributed by atoms with van der Waals surface area (Å²) in [6, 6.07) is 15.3. The van der Waals surface area contributed by atoms with Gasteiger partial charge in [0.1, 0.15) is 5.78 Å². The molecule has 2 aromatic rings. The minimum Gasteiger partial charge on any atom is -0.442 e. The van der Waals surface area contributed by atoms with Crippen LogP contribution in [0.2, 0.25) is 0 Å². The Kier molecular flexibility index (Phi) is 7.75. The van der Waals surface area contributed by atoms with Crippen LogP contribution in [0.4, 0.5) is 0 Å². The molecular weight excluding hydrogens is 432 g/mol. The molecule has 1 heterocycles. The maximum Gasteiger partial charge on any atom is 0.304 e. The molecule has 1 saturated heterocycles. The van der Waals surface area contributed by atoms with E-state index in [-0.39, 0.29) is 17.6 Å². The van der Waals surface area contributed by atoms with Crippen LogP contribution in [0, 0.1) is 5.92 Å². The molecule has 2 atom stereocenters. The van der Waals surface area contributed by atoms with Gasteiger partial charge in [-0.05, 0) is 48.6 Å². The molecule has 4 rings (SSSR count). The van der Waals surface area contributed by atoms with Crippen molar-refractivity contribution in [3.05, 3.63) is 70.8 Å². The highest BCUT2D eigenvalue weighted by atomic mass is 16.6. The Morgan fingerprint density at radius 1 is 0.971 bits per heavy atom. The predicted octanol–water partition coefficient (Wildman–Crippen LogP) is 3.27. The first kappa shape index (κ1) is 24.1. The third kappa shape index (κ3) is 6.30. The van der Waals surface area contributed by atoms with E-state index in [9.17, 15) is 14.4 Å². The summed E-state index contributed by atoms with van der Waals surface area (Å²) in [4.78, 5) is 38.9. The highest BCUT2D eigenvalue weighted by Crippen LogP contribution is 2.33. The number of rotatable bonds is 9. The van der Waals surface area contributed by atoms with Gasteiger partial charge in [-0.2, -0.15) is 0 Å². The molecule has 0 radical (unpaired) electrons. The smallest absolute Gasteiger partial charge is 0.304 e. The van der Waals surface area contributed by atoms with Gasteiger partial charge in [0.15, 0.2) is 6.23 Å². The number of ketones is 1. The molecular formula is C27H32N2O5. The van der Waals surface area contributed by atoms with Crippen LogP contribution in [0.15, 0.2) is 48.5 Å². The fourth-order valence-electron chi connectivity index (χ4n) is 4.36. The van der Waals surface area contributed by atoms with Gasteiger partial charge in [0.25, 0.3) is 5.91 Å². The topological polar surface area (TPSA) is 84.9 Å². The van der Waals surface area contributed by atoms with Crippen LogP contribution in [0.5, 0.6) is 0 Å². The summed E-state index contributed by atoms with van der Waals surface area (Å²) in [6.45, 7) is 7.19. The summed E-state index contributed by atoms with van der Waals surface area (Å²) in [5.41, 5.74) is 3.44. The van der Waals surface area contributed by atoms with Crippen LogP contribution in [0.3, 0.4) is 0 Å². The van der Waals surface area contributed by atoms with Crippen molar-refractivity contribution in [2.45, 2.75) is 45.4 Å². The van der Waals surface area contributed by atoms with Crippen molar-refractivity contribution in [2.24, 2.45) is 5.92 Å². The number of carbonyl (C=O) groups excluding carboxylic acids is 3. The fraction of sp³-hybridized carbons (Fsp3) is 0.444. The van der Waals surface area contributed by atoms with Crippen molar-refractivity contribution in [3.8, 4) is 0 Å². The first-order chi connectivity index (χ1) is 16.4. The Morgan fingerprint density at radius 3 is 2.09 bits per heavy atom. The number of amides is 1. The van der Waals surface area contributed by atoms with E-state index in [0.717, 1.165) is 56.8 Å². The van der Waals surface area contributed by atoms with Gasteiger partial charge in [-0.3, -0.25) is 19.3 Å². The van der Waals surface area contributed by atoms with Crippen LogP contribution in [0.1, 0.15) is 59.7 Å². The fourth-order valence-corrected chi connectivity index (χ4v) is 4.36. The molecule has 0 aromatic heterocycles. The van der Waals surface area contributed by atoms with Gasteiger partial charge in [0.05, 0.1) is 19.1 Å². The maximum atomic E-state index is 12.7. The van der Waals surface area contributed by atoms with Gasteiger partial charge in [-0.1, -0.05) is 36.4 Å². The van der Waals surface area contributed by atoms with Crippen molar-refractivity contribution < 1.29 is 23.9 Å². The quantitative estimate of drug-likeness (QED) is 0.453. The highest BCUT2D eigenvalue weighted by molar-refractivity contribution is 5.95. The number of nitrogens with zero attached hydrogens (tertiary/aromatic N) is 1. The van der Waals surface area contributed by atoms with Crippen LogP contribution in [0.25, 0.3) is 0 Å². The molecule has 2 aliphatic rings. The molecule has 180 valence electrons. The van der Waals surface area contributed by atoms with E-state index in [1.807, 2.05) is 24.3 Å². The number of hydrogen-bond donors (Lipinski definition) is 1. The number of morpholine rings is 1. The largest absolute Gasteiger partial charge is 0.442 e. The highest BCUT2D eigenvalue weighted by Gasteiger charge is 2.35. The molecule has 0 spiro atoms. The first-order valence-electron chi connectivity index (χ1n) is 11.9. The number of ether oxygens (including phenoxy) is 2. The Bertz CT molecular complexity index is 1010. The Morgan fingerprint density at radius 2 is 1.56 bits per heavy atom. The predicted molar refractivity (Wildman–Crippen MR) is 127 cm³/mol.